The molecule has 2 aromatic heterocycles. The van der Waals surface area contributed by atoms with Gasteiger partial charge >= 0.3 is 0 Å². The Kier molecular flexibility index (Phi) is 5.96. The Labute approximate surface area is 197 Å². The minimum absolute atomic E-state index is 0.000736. The Hall–Kier alpha value is -5.10. The summed E-state index contributed by atoms with van der Waals surface area (Å²) >= 11 is 0. The van der Waals surface area contributed by atoms with E-state index in [2.05, 4.69) is 20.3 Å². The molecule has 0 amide bonds. The lowest BCUT2D eigenvalue weighted by atomic mass is 10.1. The molecule has 0 saturated carbocycles. The van der Waals surface area contributed by atoms with Crippen LogP contribution in [-0.4, -0.2) is 19.5 Å². The first kappa shape index (κ1) is 23.1. The van der Waals surface area contributed by atoms with Crippen molar-refractivity contribution in [3.63, 3.8) is 0 Å². The molecule has 4 rings (SSSR count). The first-order chi connectivity index (χ1) is 16.7. The van der Waals surface area contributed by atoms with Crippen LogP contribution in [0.1, 0.15) is 41.9 Å². The quantitative estimate of drug-likeness (QED) is 0.393. The number of nitrogens with two attached hydrogens (primary N) is 2. The number of hydrogen-bond acceptors (Lipinski definition) is 9. The van der Waals surface area contributed by atoms with Crippen molar-refractivity contribution in [1.29, 1.82) is 10.5 Å². The maximum absolute atomic E-state index is 13.6. The van der Waals surface area contributed by atoms with Gasteiger partial charge in [-0.15, -0.1) is 0 Å². The van der Waals surface area contributed by atoms with E-state index in [4.69, 9.17) is 11.5 Å². The van der Waals surface area contributed by atoms with Gasteiger partial charge in [-0.1, -0.05) is 18.2 Å². The smallest absolute Gasteiger partial charge is 0.266 e. The maximum atomic E-state index is 13.6. The topological polar surface area (TPSA) is 172 Å². The van der Waals surface area contributed by atoms with Crippen molar-refractivity contribution in [2.24, 2.45) is 0 Å². The molecule has 0 spiro atoms. The number of nitriles is 2. The highest BCUT2D eigenvalue weighted by atomic mass is 19.3. The van der Waals surface area contributed by atoms with Crippen molar-refractivity contribution >= 4 is 28.5 Å². The fourth-order valence-electron chi connectivity index (χ4n) is 3.64. The van der Waals surface area contributed by atoms with Crippen LogP contribution in [0.3, 0.4) is 0 Å². The third-order valence-electron chi connectivity index (χ3n) is 5.23. The highest BCUT2D eigenvalue weighted by Crippen LogP contribution is 2.27. The number of nitrogens with zero attached hydrogens (tertiary/aromatic N) is 6. The van der Waals surface area contributed by atoms with Crippen LogP contribution in [0.5, 0.6) is 0 Å². The number of nitrogens with one attached hydrogen (secondary N) is 1. The van der Waals surface area contributed by atoms with Crippen LogP contribution in [0, 0.1) is 22.7 Å². The molecule has 0 aliphatic heterocycles. The highest BCUT2D eigenvalue weighted by Gasteiger charge is 2.22. The summed E-state index contributed by atoms with van der Waals surface area (Å²) in [6.07, 6.45) is -2.76. The van der Waals surface area contributed by atoms with Crippen molar-refractivity contribution in [2.45, 2.75) is 19.4 Å². The van der Waals surface area contributed by atoms with Crippen LogP contribution in [0.15, 0.2) is 47.3 Å². The maximum Gasteiger partial charge on any atom is 0.266 e. The molecular formula is C23H17F2N9O. The SMILES string of the molecule is CC(Nc1nc(N)nc(N)c1C#N)c1nc2c(C#N)cccc2c(=O)n1-c1cccc(C(F)F)c1. The number of nitrogen functional groups attached to an aromatic ring is 2. The third-order valence-corrected chi connectivity index (χ3v) is 5.23. The predicted molar refractivity (Wildman–Crippen MR) is 125 cm³/mol. The monoisotopic (exact) mass is 473 g/mol. The normalized spacial score (nSPS) is 11.7. The van der Waals surface area contributed by atoms with Crippen LogP contribution >= 0.6 is 0 Å². The zero-order valence-electron chi connectivity index (χ0n) is 18.2. The van der Waals surface area contributed by atoms with Gasteiger partial charge in [0, 0.05) is 5.56 Å². The number of para-hydroxylation sites is 1. The summed E-state index contributed by atoms with van der Waals surface area (Å²) in [6.45, 7) is 1.62. The van der Waals surface area contributed by atoms with Gasteiger partial charge < -0.3 is 16.8 Å². The first-order valence-electron chi connectivity index (χ1n) is 10.2. The van der Waals surface area contributed by atoms with Gasteiger partial charge in [0.1, 0.15) is 29.3 Å². The van der Waals surface area contributed by atoms with Gasteiger partial charge in [0.15, 0.2) is 5.82 Å². The minimum Gasteiger partial charge on any atom is -0.382 e. The van der Waals surface area contributed by atoms with Gasteiger partial charge in [0.2, 0.25) is 5.95 Å². The predicted octanol–water partition coefficient (Wildman–Crippen LogP) is 3.19. The molecule has 2 aromatic carbocycles. The fourth-order valence-corrected chi connectivity index (χ4v) is 3.64. The first-order valence-corrected chi connectivity index (χ1v) is 10.2. The Morgan fingerprint density at radius 3 is 2.49 bits per heavy atom. The van der Waals surface area contributed by atoms with Crippen molar-refractivity contribution in [3.05, 3.63) is 75.3 Å². The molecule has 12 heteroatoms. The number of hydrogen-bond donors (Lipinski definition) is 3. The molecule has 0 saturated heterocycles. The summed E-state index contributed by atoms with van der Waals surface area (Å²) in [5.41, 5.74) is 11.0. The number of aromatic nitrogens is 4. The van der Waals surface area contributed by atoms with Crippen LogP contribution in [-0.2, 0) is 0 Å². The molecule has 5 N–H and O–H groups in total. The van der Waals surface area contributed by atoms with E-state index in [0.717, 1.165) is 0 Å². The van der Waals surface area contributed by atoms with E-state index in [1.54, 1.807) is 6.92 Å². The molecule has 2 heterocycles. The molecule has 4 aromatic rings. The Morgan fingerprint density at radius 1 is 1.06 bits per heavy atom. The second-order valence-electron chi connectivity index (χ2n) is 7.49. The average Bonchev–Trinajstić information content (AvgIpc) is 2.83. The summed E-state index contributed by atoms with van der Waals surface area (Å²) in [6, 6.07) is 12.9. The molecule has 10 nitrogen and oxygen atoms in total. The number of anilines is 3. The van der Waals surface area contributed by atoms with E-state index in [1.807, 2.05) is 12.1 Å². The number of alkyl halides is 2. The lowest BCUT2D eigenvalue weighted by Gasteiger charge is -2.21. The summed E-state index contributed by atoms with van der Waals surface area (Å²) in [4.78, 5) is 25.9. The summed E-state index contributed by atoms with van der Waals surface area (Å²) in [7, 11) is 0. The van der Waals surface area contributed by atoms with Crippen molar-refractivity contribution < 1.29 is 8.78 Å². The van der Waals surface area contributed by atoms with E-state index in [9.17, 15) is 24.1 Å². The lowest BCUT2D eigenvalue weighted by Crippen LogP contribution is -2.28. The standard InChI is InChI=1S/C23H17F2N9O/c1-11(30-20-16(10-27)19(28)32-23(29)33-20)21-31-17-13(9-26)5-3-7-15(17)22(35)34(21)14-6-2-4-12(8-14)18(24)25/h2-8,11,18H,1H3,(H5,28,29,30,32,33). The molecule has 174 valence electrons. The van der Waals surface area contributed by atoms with E-state index in [1.165, 1.54) is 47.0 Å². The van der Waals surface area contributed by atoms with E-state index >= 15 is 0 Å². The van der Waals surface area contributed by atoms with Crippen LogP contribution in [0.25, 0.3) is 16.6 Å². The van der Waals surface area contributed by atoms with Gasteiger partial charge in [0.05, 0.1) is 28.2 Å². The average molecular weight is 473 g/mol. The Balaban J connectivity index is 1.99. The molecule has 0 aliphatic rings. The van der Waals surface area contributed by atoms with Gasteiger partial charge in [-0.2, -0.15) is 20.5 Å². The second-order valence-corrected chi connectivity index (χ2v) is 7.49. The van der Waals surface area contributed by atoms with Crippen LogP contribution in [0.2, 0.25) is 0 Å². The van der Waals surface area contributed by atoms with Gasteiger partial charge in [-0.25, -0.2) is 13.8 Å². The van der Waals surface area contributed by atoms with E-state index < -0.39 is 18.0 Å². The molecular weight excluding hydrogens is 456 g/mol. The van der Waals surface area contributed by atoms with Crippen LogP contribution < -0.4 is 22.3 Å². The largest absolute Gasteiger partial charge is 0.382 e. The lowest BCUT2D eigenvalue weighted by molar-refractivity contribution is 0.151. The van der Waals surface area contributed by atoms with Gasteiger partial charge in [-0.05, 0) is 31.2 Å². The molecule has 0 bridgehead atoms. The Bertz CT molecular complexity index is 1600. The zero-order chi connectivity index (χ0) is 25.3. The summed E-state index contributed by atoms with van der Waals surface area (Å²) in [5.74, 6) is -0.247. The third kappa shape index (κ3) is 4.16. The van der Waals surface area contributed by atoms with Crippen molar-refractivity contribution in [1.82, 2.24) is 19.5 Å². The summed E-state index contributed by atoms with van der Waals surface area (Å²) < 4.78 is 28.0. The zero-order valence-corrected chi connectivity index (χ0v) is 18.2. The minimum atomic E-state index is -2.76. The van der Waals surface area contributed by atoms with Crippen molar-refractivity contribution in [3.8, 4) is 17.8 Å². The number of halogens is 2. The number of benzene rings is 2. The fraction of sp³-hybridized carbons (Fsp3) is 0.130. The molecule has 1 unspecified atom stereocenters. The molecule has 0 aliphatic carbocycles. The molecule has 1 atom stereocenters. The van der Waals surface area contributed by atoms with E-state index in [0.29, 0.717) is 0 Å². The highest BCUT2D eigenvalue weighted by molar-refractivity contribution is 5.83. The van der Waals surface area contributed by atoms with Gasteiger partial charge in [0.25, 0.3) is 12.0 Å². The summed E-state index contributed by atoms with van der Waals surface area (Å²) in [5, 5.41) is 22.1. The Morgan fingerprint density at radius 2 is 1.80 bits per heavy atom. The molecule has 35 heavy (non-hydrogen) atoms. The second kappa shape index (κ2) is 9.03. The molecule has 0 fully saturated rings. The van der Waals surface area contributed by atoms with Gasteiger partial charge in [-0.3, -0.25) is 9.36 Å². The van der Waals surface area contributed by atoms with Crippen LogP contribution in [0.4, 0.5) is 26.4 Å². The van der Waals surface area contributed by atoms with E-state index in [-0.39, 0.29) is 56.7 Å². The molecule has 0 radical (unpaired) electrons. The van der Waals surface area contributed by atoms with Crippen molar-refractivity contribution in [2.75, 3.05) is 16.8 Å². The number of fused-ring (bicyclic) bond motifs is 1. The number of rotatable bonds is 5.